The largest absolute Gasteiger partial charge is 0.489 e. The lowest BCUT2D eigenvalue weighted by molar-refractivity contribution is 0.0520. The van der Waals surface area contributed by atoms with Crippen molar-refractivity contribution in [2.75, 3.05) is 6.61 Å². The second-order valence-corrected chi connectivity index (χ2v) is 5.95. The molecule has 0 spiro atoms. The SMILES string of the molecule is CCOC(=O)c1n[nH]nc1-c1c(C)cc(OCc2ccccc2)cc1C. The third-order valence-electron chi connectivity index (χ3n) is 4.01. The molecule has 0 bridgehead atoms. The average Bonchev–Trinajstić information content (AvgIpc) is 3.10. The summed E-state index contributed by atoms with van der Waals surface area (Å²) in [7, 11) is 0. The van der Waals surface area contributed by atoms with Gasteiger partial charge in [0, 0.05) is 5.56 Å². The normalized spacial score (nSPS) is 10.6. The number of hydrogen-bond donors (Lipinski definition) is 1. The Bertz CT molecular complexity index is 881. The first-order valence-electron chi connectivity index (χ1n) is 8.46. The summed E-state index contributed by atoms with van der Waals surface area (Å²) in [6, 6.07) is 13.9. The predicted octanol–water partition coefficient (Wildman–Crippen LogP) is 3.84. The predicted molar refractivity (Wildman–Crippen MR) is 98.0 cm³/mol. The van der Waals surface area contributed by atoms with E-state index in [9.17, 15) is 4.79 Å². The van der Waals surface area contributed by atoms with Crippen LogP contribution in [-0.4, -0.2) is 28.0 Å². The first kappa shape index (κ1) is 17.7. The molecule has 6 heteroatoms. The van der Waals surface area contributed by atoms with Gasteiger partial charge in [-0.1, -0.05) is 30.3 Å². The molecule has 0 saturated carbocycles. The number of aromatic nitrogens is 3. The lowest BCUT2D eigenvalue weighted by Gasteiger charge is -2.13. The summed E-state index contributed by atoms with van der Waals surface area (Å²) in [5.74, 6) is 0.285. The van der Waals surface area contributed by atoms with E-state index in [0.29, 0.717) is 12.3 Å². The van der Waals surface area contributed by atoms with Crippen LogP contribution in [0.15, 0.2) is 42.5 Å². The van der Waals surface area contributed by atoms with E-state index in [4.69, 9.17) is 9.47 Å². The van der Waals surface area contributed by atoms with E-state index >= 15 is 0 Å². The summed E-state index contributed by atoms with van der Waals surface area (Å²) in [5.41, 5.74) is 4.55. The minimum atomic E-state index is -0.487. The topological polar surface area (TPSA) is 77.1 Å². The number of esters is 1. The van der Waals surface area contributed by atoms with E-state index < -0.39 is 5.97 Å². The second kappa shape index (κ2) is 7.82. The van der Waals surface area contributed by atoms with Gasteiger partial charge in [-0.2, -0.15) is 10.3 Å². The first-order chi connectivity index (χ1) is 12.6. The van der Waals surface area contributed by atoms with Crippen LogP contribution in [0.5, 0.6) is 5.75 Å². The fourth-order valence-corrected chi connectivity index (χ4v) is 2.87. The smallest absolute Gasteiger partial charge is 0.361 e. The van der Waals surface area contributed by atoms with Crippen LogP contribution in [0, 0.1) is 13.8 Å². The molecular weight excluding hydrogens is 330 g/mol. The number of nitrogens with zero attached hydrogens (tertiary/aromatic N) is 2. The van der Waals surface area contributed by atoms with Crippen LogP contribution in [0.3, 0.4) is 0 Å². The van der Waals surface area contributed by atoms with Crippen LogP contribution >= 0.6 is 0 Å². The molecule has 3 aromatic rings. The van der Waals surface area contributed by atoms with E-state index in [-0.39, 0.29) is 12.3 Å². The molecule has 6 nitrogen and oxygen atoms in total. The molecule has 2 aromatic carbocycles. The van der Waals surface area contributed by atoms with Crippen molar-refractivity contribution < 1.29 is 14.3 Å². The van der Waals surface area contributed by atoms with Crippen LogP contribution in [0.1, 0.15) is 34.1 Å². The summed E-state index contributed by atoms with van der Waals surface area (Å²) in [4.78, 5) is 12.1. The van der Waals surface area contributed by atoms with Gasteiger partial charge in [-0.15, -0.1) is 5.10 Å². The zero-order chi connectivity index (χ0) is 18.5. The van der Waals surface area contributed by atoms with Crippen molar-refractivity contribution in [3.8, 4) is 17.0 Å². The van der Waals surface area contributed by atoms with Crippen molar-refractivity contribution >= 4 is 5.97 Å². The molecule has 0 saturated heterocycles. The van der Waals surface area contributed by atoms with Crippen LogP contribution in [0.2, 0.25) is 0 Å². The molecule has 0 unspecified atom stereocenters. The third-order valence-corrected chi connectivity index (χ3v) is 4.01. The van der Waals surface area contributed by atoms with Gasteiger partial charge in [0.1, 0.15) is 18.1 Å². The molecule has 1 aromatic heterocycles. The zero-order valence-electron chi connectivity index (χ0n) is 15.1. The van der Waals surface area contributed by atoms with Crippen LogP contribution in [0.25, 0.3) is 11.3 Å². The molecule has 3 rings (SSSR count). The number of aryl methyl sites for hydroxylation is 2. The fourth-order valence-electron chi connectivity index (χ4n) is 2.87. The monoisotopic (exact) mass is 351 g/mol. The van der Waals surface area contributed by atoms with Gasteiger partial charge >= 0.3 is 5.97 Å². The van der Waals surface area contributed by atoms with Gasteiger partial charge in [0.25, 0.3) is 0 Å². The molecule has 0 fully saturated rings. The van der Waals surface area contributed by atoms with Crippen molar-refractivity contribution in [3.63, 3.8) is 0 Å². The highest BCUT2D eigenvalue weighted by Crippen LogP contribution is 2.31. The molecule has 0 atom stereocenters. The van der Waals surface area contributed by atoms with Crippen molar-refractivity contribution in [3.05, 3.63) is 64.8 Å². The zero-order valence-corrected chi connectivity index (χ0v) is 15.1. The number of rotatable bonds is 6. The highest BCUT2D eigenvalue weighted by Gasteiger charge is 2.22. The molecule has 0 aliphatic carbocycles. The van der Waals surface area contributed by atoms with Gasteiger partial charge in [-0.25, -0.2) is 4.79 Å². The molecule has 0 aliphatic heterocycles. The lowest BCUT2D eigenvalue weighted by atomic mass is 9.98. The molecule has 0 amide bonds. The Balaban J connectivity index is 1.87. The molecule has 0 aliphatic rings. The van der Waals surface area contributed by atoms with E-state index in [0.717, 1.165) is 28.0 Å². The Hall–Kier alpha value is -3.15. The molecular formula is C20H21N3O3. The second-order valence-electron chi connectivity index (χ2n) is 5.95. The Morgan fingerprint density at radius 2 is 1.77 bits per heavy atom. The maximum Gasteiger partial charge on any atom is 0.361 e. The lowest BCUT2D eigenvalue weighted by Crippen LogP contribution is -2.07. The first-order valence-corrected chi connectivity index (χ1v) is 8.46. The summed E-state index contributed by atoms with van der Waals surface area (Å²) < 4.78 is 11.0. The van der Waals surface area contributed by atoms with E-state index in [2.05, 4.69) is 15.4 Å². The Kier molecular flexibility index (Phi) is 5.31. The van der Waals surface area contributed by atoms with Crippen LogP contribution in [0.4, 0.5) is 0 Å². The number of carbonyl (C=O) groups is 1. The number of carbonyl (C=O) groups excluding carboxylic acids is 1. The molecule has 134 valence electrons. The summed E-state index contributed by atoms with van der Waals surface area (Å²) >= 11 is 0. The Morgan fingerprint density at radius 1 is 1.08 bits per heavy atom. The van der Waals surface area contributed by atoms with Crippen LogP contribution < -0.4 is 4.74 Å². The third kappa shape index (κ3) is 3.74. The van der Waals surface area contributed by atoms with Gasteiger partial charge in [-0.05, 0) is 49.6 Å². The molecule has 1 heterocycles. The minimum absolute atomic E-state index is 0.191. The minimum Gasteiger partial charge on any atom is -0.489 e. The summed E-state index contributed by atoms with van der Waals surface area (Å²) in [6.45, 7) is 6.46. The van der Waals surface area contributed by atoms with Crippen LogP contribution in [-0.2, 0) is 11.3 Å². The average molecular weight is 351 g/mol. The standard InChI is InChI=1S/C20H21N3O3/c1-4-25-20(24)19-18(21-23-22-19)17-13(2)10-16(11-14(17)3)26-12-15-8-6-5-7-9-15/h5-11H,4,12H2,1-3H3,(H,21,22,23). The van der Waals surface area contributed by atoms with Gasteiger partial charge < -0.3 is 9.47 Å². The van der Waals surface area contributed by atoms with Crippen molar-refractivity contribution in [1.82, 2.24) is 15.4 Å². The van der Waals surface area contributed by atoms with Gasteiger partial charge in [0.15, 0.2) is 5.69 Å². The molecule has 1 N–H and O–H groups in total. The van der Waals surface area contributed by atoms with Crippen molar-refractivity contribution in [2.45, 2.75) is 27.4 Å². The maximum absolute atomic E-state index is 12.1. The summed E-state index contributed by atoms with van der Waals surface area (Å²) in [5, 5.41) is 10.6. The fraction of sp³-hybridized carbons (Fsp3) is 0.250. The number of H-pyrrole nitrogens is 1. The van der Waals surface area contributed by atoms with Gasteiger partial charge in [0.05, 0.1) is 6.61 Å². The van der Waals surface area contributed by atoms with Crippen molar-refractivity contribution in [2.24, 2.45) is 0 Å². The number of benzene rings is 2. The van der Waals surface area contributed by atoms with Gasteiger partial charge in [-0.3, -0.25) is 0 Å². The van der Waals surface area contributed by atoms with E-state index in [1.807, 2.05) is 56.3 Å². The Labute approximate surface area is 152 Å². The number of ether oxygens (including phenoxy) is 2. The van der Waals surface area contributed by atoms with Crippen molar-refractivity contribution in [1.29, 1.82) is 0 Å². The highest BCUT2D eigenvalue weighted by atomic mass is 16.5. The van der Waals surface area contributed by atoms with E-state index in [1.54, 1.807) is 6.92 Å². The van der Waals surface area contributed by atoms with Gasteiger partial charge in [0.2, 0.25) is 0 Å². The Morgan fingerprint density at radius 3 is 2.42 bits per heavy atom. The van der Waals surface area contributed by atoms with E-state index in [1.165, 1.54) is 0 Å². The number of aromatic amines is 1. The quantitative estimate of drug-likeness (QED) is 0.683. The number of nitrogens with one attached hydrogen (secondary N) is 1. The highest BCUT2D eigenvalue weighted by molar-refractivity contribution is 5.94. The molecule has 26 heavy (non-hydrogen) atoms. The number of hydrogen-bond acceptors (Lipinski definition) is 5. The summed E-state index contributed by atoms with van der Waals surface area (Å²) in [6.07, 6.45) is 0. The molecule has 0 radical (unpaired) electrons. The maximum atomic E-state index is 12.1.